The Kier molecular flexibility index (Phi) is 4.07. The number of nitrogens with zero attached hydrogens (tertiary/aromatic N) is 2. The third-order valence-electron chi connectivity index (χ3n) is 2.76. The molecule has 8 heteroatoms. The largest absolute Gasteiger partial charge is 0.508 e. The van der Waals surface area contributed by atoms with Gasteiger partial charge < -0.3 is 21.5 Å². The highest BCUT2D eigenvalue weighted by Gasteiger charge is 2.12. The summed E-state index contributed by atoms with van der Waals surface area (Å²) in [7, 11) is 1.53. The summed E-state index contributed by atoms with van der Waals surface area (Å²) in [6, 6.07) is 4.12. The van der Waals surface area contributed by atoms with Crippen LogP contribution in [-0.4, -0.2) is 33.7 Å². The van der Waals surface area contributed by atoms with Crippen molar-refractivity contribution in [3.05, 3.63) is 36.2 Å². The number of benzene rings is 1. The zero-order valence-electron chi connectivity index (χ0n) is 11.3. The number of carbonyl (C=O) groups excluding carboxylic acids is 2. The molecular weight excluding hydrogens is 274 g/mol. The molecule has 2 rings (SSSR count). The fourth-order valence-electron chi connectivity index (χ4n) is 1.68. The van der Waals surface area contributed by atoms with Gasteiger partial charge in [0.25, 0.3) is 5.91 Å². The molecule has 0 bridgehead atoms. The number of phenols is 1. The Balaban J connectivity index is 2.09. The first-order chi connectivity index (χ1) is 9.99. The van der Waals surface area contributed by atoms with Gasteiger partial charge in [-0.25, -0.2) is 0 Å². The molecule has 0 unspecified atom stereocenters. The Bertz CT molecular complexity index is 680. The highest BCUT2D eigenvalue weighted by molar-refractivity contribution is 6.07. The van der Waals surface area contributed by atoms with Gasteiger partial charge in [-0.1, -0.05) is 0 Å². The van der Waals surface area contributed by atoms with Crippen LogP contribution in [0.3, 0.4) is 0 Å². The maximum atomic E-state index is 12.1. The Morgan fingerprint density at radius 1 is 1.43 bits per heavy atom. The van der Waals surface area contributed by atoms with Crippen LogP contribution in [0, 0.1) is 0 Å². The zero-order valence-corrected chi connectivity index (χ0v) is 11.3. The van der Waals surface area contributed by atoms with E-state index in [2.05, 4.69) is 15.7 Å². The summed E-state index contributed by atoms with van der Waals surface area (Å²) in [5, 5.41) is 18.4. The molecular formula is C13H15N5O3. The van der Waals surface area contributed by atoms with E-state index in [0.717, 1.165) is 0 Å². The van der Waals surface area contributed by atoms with Crippen molar-refractivity contribution >= 4 is 23.2 Å². The van der Waals surface area contributed by atoms with Gasteiger partial charge in [-0.3, -0.25) is 14.3 Å². The van der Waals surface area contributed by atoms with Crippen molar-refractivity contribution in [2.45, 2.75) is 6.54 Å². The summed E-state index contributed by atoms with van der Waals surface area (Å²) in [6.45, 7) is 0.0562. The summed E-state index contributed by atoms with van der Waals surface area (Å²) in [5.41, 5.74) is 6.52. The molecule has 21 heavy (non-hydrogen) atoms. The van der Waals surface area contributed by atoms with Gasteiger partial charge in [0.05, 0.1) is 17.4 Å². The smallest absolute Gasteiger partial charge is 0.257 e. The third-order valence-corrected chi connectivity index (χ3v) is 2.76. The second kappa shape index (κ2) is 5.95. The van der Waals surface area contributed by atoms with E-state index in [9.17, 15) is 14.7 Å². The molecule has 2 aromatic rings. The third kappa shape index (κ3) is 3.50. The van der Waals surface area contributed by atoms with Gasteiger partial charge in [0, 0.05) is 18.9 Å². The topological polar surface area (TPSA) is 122 Å². The van der Waals surface area contributed by atoms with Crippen LogP contribution in [0.2, 0.25) is 0 Å². The van der Waals surface area contributed by atoms with Crippen LogP contribution in [0.4, 0.5) is 11.4 Å². The van der Waals surface area contributed by atoms with Gasteiger partial charge in [0.2, 0.25) is 5.91 Å². The lowest BCUT2D eigenvalue weighted by Crippen LogP contribution is -2.23. The summed E-state index contributed by atoms with van der Waals surface area (Å²) in [5.74, 6) is -0.722. The first-order valence-electron chi connectivity index (χ1n) is 6.12. The van der Waals surface area contributed by atoms with E-state index < -0.39 is 5.91 Å². The first-order valence-corrected chi connectivity index (χ1v) is 6.12. The molecule has 8 nitrogen and oxygen atoms in total. The predicted molar refractivity (Wildman–Crippen MR) is 76.8 cm³/mol. The normalized spacial score (nSPS) is 10.1. The number of hydrogen-bond acceptors (Lipinski definition) is 5. The molecule has 0 fully saturated rings. The standard InChI is InChI=1S/C13H15N5O3/c1-15-12(20)7-18-6-8(5-16-18)17-13(21)10-4-9(19)2-3-11(10)14/h2-6,19H,7,14H2,1H3,(H,15,20)(H,17,21). The highest BCUT2D eigenvalue weighted by Crippen LogP contribution is 2.19. The van der Waals surface area contributed by atoms with E-state index in [1.54, 1.807) is 0 Å². The molecule has 5 N–H and O–H groups in total. The molecule has 0 radical (unpaired) electrons. The van der Waals surface area contributed by atoms with Crippen LogP contribution in [0.1, 0.15) is 10.4 Å². The van der Waals surface area contributed by atoms with Crippen LogP contribution in [0.15, 0.2) is 30.6 Å². The van der Waals surface area contributed by atoms with Crippen molar-refractivity contribution in [1.82, 2.24) is 15.1 Å². The Hall–Kier alpha value is -3.03. The van der Waals surface area contributed by atoms with Crippen LogP contribution in [-0.2, 0) is 11.3 Å². The van der Waals surface area contributed by atoms with Crippen molar-refractivity contribution in [2.75, 3.05) is 18.1 Å². The van der Waals surface area contributed by atoms with E-state index in [1.165, 1.54) is 42.3 Å². The number of phenolic OH excluding ortho intramolecular Hbond substituents is 1. The lowest BCUT2D eigenvalue weighted by atomic mass is 10.1. The molecule has 1 heterocycles. The van der Waals surface area contributed by atoms with Crippen molar-refractivity contribution in [3.63, 3.8) is 0 Å². The monoisotopic (exact) mass is 289 g/mol. The fraction of sp³-hybridized carbons (Fsp3) is 0.154. The highest BCUT2D eigenvalue weighted by atomic mass is 16.3. The SMILES string of the molecule is CNC(=O)Cn1cc(NC(=O)c2cc(O)ccc2N)cn1. The van der Waals surface area contributed by atoms with Crippen LogP contribution in [0.25, 0.3) is 0 Å². The summed E-state index contributed by atoms with van der Waals surface area (Å²) in [4.78, 5) is 23.3. The first kappa shape index (κ1) is 14.4. The number of nitrogens with two attached hydrogens (primary N) is 1. The summed E-state index contributed by atoms with van der Waals surface area (Å²) in [6.07, 6.45) is 2.94. The Morgan fingerprint density at radius 3 is 2.90 bits per heavy atom. The van der Waals surface area contributed by atoms with Crippen LogP contribution < -0.4 is 16.4 Å². The maximum absolute atomic E-state index is 12.1. The maximum Gasteiger partial charge on any atom is 0.257 e. The number of hydrogen-bond donors (Lipinski definition) is 4. The van der Waals surface area contributed by atoms with Crippen LogP contribution in [0.5, 0.6) is 5.75 Å². The fourth-order valence-corrected chi connectivity index (χ4v) is 1.68. The Morgan fingerprint density at radius 2 is 2.19 bits per heavy atom. The van der Waals surface area contributed by atoms with Gasteiger partial charge in [0.15, 0.2) is 0 Å². The lowest BCUT2D eigenvalue weighted by Gasteiger charge is -2.06. The van der Waals surface area contributed by atoms with E-state index in [1.807, 2.05) is 0 Å². The van der Waals surface area contributed by atoms with Crippen molar-refractivity contribution in [3.8, 4) is 5.75 Å². The average molecular weight is 289 g/mol. The van der Waals surface area contributed by atoms with E-state index in [-0.39, 0.29) is 29.5 Å². The van der Waals surface area contributed by atoms with Gasteiger partial charge in [-0.15, -0.1) is 0 Å². The number of anilines is 2. The molecule has 0 saturated carbocycles. The molecule has 0 aliphatic carbocycles. The predicted octanol–water partition coefficient (Wildman–Crippen LogP) is 0.169. The number of aromatic nitrogens is 2. The molecule has 0 spiro atoms. The molecule has 0 aliphatic rings. The molecule has 2 amide bonds. The minimum Gasteiger partial charge on any atom is -0.508 e. The number of nitrogens with one attached hydrogen (secondary N) is 2. The van der Waals surface area contributed by atoms with Gasteiger partial charge in [-0.2, -0.15) is 5.10 Å². The number of amides is 2. The second-order valence-corrected chi connectivity index (χ2v) is 4.33. The summed E-state index contributed by atoms with van der Waals surface area (Å²) >= 11 is 0. The molecule has 1 aromatic heterocycles. The molecule has 0 atom stereocenters. The molecule has 110 valence electrons. The lowest BCUT2D eigenvalue weighted by molar-refractivity contribution is -0.121. The minimum absolute atomic E-state index is 0.0512. The van der Waals surface area contributed by atoms with Crippen molar-refractivity contribution < 1.29 is 14.7 Å². The molecule has 0 saturated heterocycles. The van der Waals surface area contributed by atoms with E-state index >= 15 is 0 Å². The number of rotatable bonds is 4. The van der Waals surface area contributed by atoms with Crippen molar-refractivity contribution in [1.29, 1.82) is 0 Å². The Labute approximate surface area is 120 Å². The number of aromatic hydroxyl groups is 1. The minimum atomic E-state index is -0.470. The second-order valence-electron chi connectivity index (χ2n) is 4.33. The van der Waals surface area contributed by atoms with Crippen LogP contribution >= 0.6 is 0 Å². The van der Waals surface area contributed by atoms with Gasteiger partial charge >= 0.3 is 0 Å². The zero-order chi connectivity index (χ0) is 15.4. The number of carbonyl (C=O) groups is 2. The average Bonchev–Trinajstić information content (AvgIpc) is 2.88. The van der Waals surface area contributed by atoms with Gasteiger partial charge in [0.1, 0.15) is 12.3 Å². The molecule has 0 aliphatic heterocycles. The van der Waals surface area contributed by atoms with E-state index in [0.29, 0.717) is 5.69 Å². The van der Waals surface area contributed by atoms with E-state index in [4.69, 9.17) is 5.73 Å². The number of likely N-dealkylation sites (N-methyl/N-ethyl adjacent to an activating group) is 1. The van der Waals surface area contributed by atoms with Crippen molar-refractivity contribution in [2.24, 2.45) is 0 Å². The number of nitrogen functional groups attached to an aromatic ring is 1. The summed E-state index contributed by atoms with van der Waals surface area (Å²) < 4.78 is 1.39. The molecule has 1 aromatic carbocycles. The van der Waals surface area contributed by atoms with Gasteiger partial charge in [-0.05, 0) is 18.2 Å². The quantitative estimate of drug-likeness (QED) is 0.472.